The number of carbonyl (C=O) groups is 3. The smallest absolute Gasteiger partial charge is 0.341 e. The number of quaternary nitrogens is 1. The molecule has 144 valence electrons. The van der Waals surface area contributed by atoms with Gasteiger partial charge in [-0.25, -0.2) is 4.79 Å². The van der Waals surface area contributed by atoms with Gasteiger partial charge in [0.1, 0.15) is 5.00 Å². The lowest BCUT2D eigenvalue weighted by atomic mass is 10.1. The third-order valence-corrected chi connectivity index (χ3v) is 6.37. The van der Waals surface area contributed by atoms with Crippen LogP contribution in [0.3, 0.4) is 0 Å². The van der Waals surface area contributed by atoms with Crippen molar-refractivity contribution in [3.63, 3.8) is 0 Å². The van der Waals surface area contributed by atoms with E-state index in [-0.39, 0.29) is 18.3 Å². The third kappa shape index (κ3) is 4.51. The summed E-state index contributed by atoms with van der Waals surface area (Å²) in [6.45, 7) is 5.47. The molecule has 1 aliphatic rings. The van der Waals surface area contributed by atoms with E-state index in [1.165, 1.54) is 19.8 Å². The molecule has 0 aliphatic heterocycles. The zero-order chi connectivity index (χ0) is 19.5. The van der Waals surface area contributed by atoms with Crippen molar-refractivity contribution in [2.75, 3.05) is 32.6 Å². The minimum atomic E-state index is -0.506. The molecule has 1 fully saturated rings. The Balaban J connectivity index is 2.21. The molecule has 1 N–H and O–H groups in total. The number of rotatable bonds is 7. The molecule has 0 aromatic carbocycles. The van der Waals surface area contributed by atoms with Gasteiger partial charge >= 0.3 is 5.97 Å². The fourth-order valence-electron chi connectivity index (χ4n) is 3.66. The minimum Gasteiger partial charge on any atom is -0.462 e. The summed E-state index contributed by atoms with van der Waals surface area (Å²) in [4.78, 5) is 37.3. The van der Waals surface area contributed by atoms with Crippen molar-refractivity contribution in [2.45, 2.75) is 52.5 Å². The predicted molar refractivity (Wildman–Crippen MR) is 103 cm³/mol. The Morgan fingerprint density at radius 1 is 1.23 bits per heavy atom. The van der Waals surface area contributed by atoms with Crippen molar-refractivity contribution in [3.8, 4) is 0 Å². The normalized spacial score (nSPS) is 15.1. The summed E-state index contributed by atoms with van der Waals surface area (Å²) in [6, 6.07) is 0.489. The maximum atomic E-state index is 12.7. The van der Waals surface area contributed by atoms with Gasteiger partial charge in [0, 0.05) is 0 Å². The third-order valence-electron chi connectivity index (χ3n) is 5.06. The number of carbonyl (C=O) groups excluding carboxylic acids is 3. The molecule has 0 radical (unpaired) electrons. The zero-order valence-corrected chi connectivity index (χ0v) is 17.1. The first-order valence-electron chi connectivity index (χ1n) is 9.11. The van der Waals surface area contributed by atoms with Gasteiger partial charge in [0.2, 0.25) is 0 Å². The van der Waals surface area contributed by atoms with E-state index in [2.05, 4.69) is 19.4 Å². The molecule has 0 saturated heterocycles. The van der Waals surface area contributed by atoms with Gasteiger partial charge in [0.15, 0.2) is 12.3 Å². The van der Waals surface area contributed by atoms with Crippen LogP contribution in [0, 0.1) is 6.92 Å². The fraction of sp³-hybridized carbons (Fsp3) is 0.632. The highest BCUT2D eigenvalue weighted by atomic mass is 32.1. The fourth-order valence-corrected chi connectivity index (χ4v) is 4.76. The quantitative estimate of drug-likeness (QED) is 0.446. The minimum absolute atomic E-state index is 0.124. The first kappa shape index (κ1) is 20.6. The van der Waals surface area contributed by atoms with Crippen molar-refractivity contribution in [3.05, 3.63) is 16.0 Å². The molecular formula is C19H29N2O4S+. The average Bonchev–Trinajstić information content (AvgIpc) is 3.15. The highest BCUT2D eigenvalue weighted by Gasteiger charge is 2.34. The van der Waals surface area contributed by atoms with Gasteiger partial charge in [-0.05, 0) is 52.0 Å². The maximum absolute atomic E-state index is 12.7. The molecule has 1 aromatic rings. The van der Waals surface area contributed by atoms with Crippen LogP contribution in [-0.4, -0.2) is 55.4 Å². The molecule has 1 heterocycles. The first-order chi connectivity index (χ1) is 12.2. The van der Waals surface area contributed by atoms with Gasteiger partial charge in [0.25, 0.3) is 5.91 Å². The second-order valence-corrected chi connectivity index (χ2v) is 8.48. The molecular weight excluding hydrogens is 352 g/mol. The number of thiophene rings is 1. The monoisotopic (exact) mass is 381 g/mol. The SMILES string of the molecule is CCOC(=O)c1c(NC(=O)C[N+](C)(C)C2CCCC2)sc(C(C)=O)c1C. The Bertz CT molecular complexity index is 703. The number of ether oxygens (including phenoxy) is 1. The first-order valence-corrected chi connectivity index (χ1v) is 9.93. The van der Waals surface area contributed by atoms with Crippen molar-refractivity contribution >= 4 is 34.0 Å². The topological polar surface area (TPSA) is 72.5 Å². The van der Waals surface area contributed by atoms with Crippen LogP contribution in [-0.2, 0) is 9.53 Å². The number of anilines is 1. The molecule has 2 rings (SSSR count). The van der Waals surface area contributed by atoms with E-state index in [0.29, 0.717) is 38.1 Å². The van der Waals surface area contributed by atoms with E-state index in [9.17, 15) is 14.4 Å². The van der Waals surface area contributed by atoms with E-state index in [1.807, 2.05) is 0 Å². The van der Waals surface area contributed by atoms with Gasteiger partial charge in [0.05, 0.1) is 37.2 Å². The van der Waals surface area contributed by atoms with Crippen LogP contribution in [0.2, 0.25) is 0 Å². The number of likely N-dealkylation sites (N-methyl/N-ethyl adjacent to an activating group) is 1. The Labute approximate surface area is 159 Å². The molecule has 0 unspecified atom stereocenters. The summed E-state index contributed by atoms with van der Waals surface area (Å²) in [5, 5.41) is 3.26. The van der Waals surface area contributed by atoms with E-state index in [0.717, 1.165) is 24.2 Å². The molecule has 7 heteroatoms. The number of nitrogens with zero attached hydrogens (tertiary/aromatic N) is 1. The van der Waals surface area contributed by atoms with E-state index in [1.54, 1.807) is 13.8 Å². The predicted octanol–water partition coefficient (Wildman–Crippen LogP) is 3.39. The van der Waals surface area contributed by atoms with Gasteiger partial charge < -0.3 is 14.5 Å². The molecule has 1 saturated carbocycles. The average molecular weight is 382 g/mol. The standard InChI is InChI=1S/C19H28N2O4S/c1-6-25-19(24)16-12(2)17(13(3)22)26-18(16)20-15(23)11-21(4,5)14-9-7-8-10-14/h14H,6-11H2,1-5H3/p+1. The second-order valence-electron chi connectivity index (χ2n) is 7.46. The molecule has 6 nitrogen and oxygen atoms in total. The molecule has 1 aromatic heterocycles. The van der Waals surface area contributed by atoms with Gasteiger partial charge in [-0.3, -0.25) is 9.59 Å². The summed E-state index contributed by atoms with van der Waals surface area (Å²) in [5.74, 6) is -0.780. The number of ketones is 1. The van der Waals surface area contributed by atoms with Crippen LogP contribution in [0.25, 0.3) is 0 Å². The highest BCUT2D eigenvalue weighted by molar-refractivity contribution is 7.18. The Hall–Kier alpha value is -1.73. The summed E-state index contributed by atoms with van der Waals surface area (Å²) < 4.78 is 5.74. The maximum Gasteiger partial charge on any atom is 0.341 e. The summed E-state index contributed by atoms with van der Waals surface area (Å²) >= 11 is 1.15. The number of hydrogen-bond acceptors (Lipinski definition) is 5. The summed E-state index contributed by atoms with van der Waals surface area (Å²) in [5.41, 5.74) is 0.863. The van der Waals surface area contributed by atoms with Crippen LogP contribution >= 0.6 is 11.3 Å². The number of amides is 1. The molecule has 0 bridgehead atoms. The van der Waals surface area contributed by atoms with Crippen LogP contribution in [0.5, 0.6) is 0 Å². The molecule has 1 amide bonds. The van der Waals surface area contributed by atoms with Crippen molar-refractivity contribution in [2.24, 2.45) is 0 Å². The van der Waals surface area contributed by atoms with Crippen LogP contribution in [0.15, 0.2) is 0 Å². The van der Waals surface area contributed by atoms with Crippen molar-refractivity contribution < 1.29 is 23.6 Å². The zero-order valence-electron chi connectivity index (χ0n) is 16.3. The van der Waals surface area contributed by atoms with Crippen LogP contribution in [0.4, 0.5) is 5.00 Å². The summed E-state index contributed by atoms with van der Waals surface area (Å²) in [6.07, 6.45) is 4.71. The van der Waals surface area contributed by atoms with Gasteiger partial charge in [-0.15, -0.1) is 11.3 Å². The highest BCUT2D eigenvalue weighted by Crippen LogP contribution is 2.34. The number of esters is 1. The van der Waals surface area contributed by atoms with E-state index < -0.39 is 5.97 Å². The van der Waals surface area contributed by atoms with Gasteiger partial charge in [-0.1, -0.05) is 0 Å². The summed E-state index contributed by atoms with van der Waals surface area (Å²) in [7, 11) is 4.14. The van der Waals surface area contributed by atoms with E-state index in [4.69, 9.17) is 4.74 Å². The number of Topliss-reactive ketones (excluding diaryl/α,β-unsaturated/α-hetero) is 1. The number of hydrogen-bond donors (Lipinski definition) is 1. The molecule has 0 atom stereocenters. The largest absolute Gasteiger partial charge is 0.462 e. The molecule has 0 spiro atoms. The van der Waals surface area contributed by atoms with Crippen molar-refractivity contribution in [1.29, 1.82) is 0 Å². The Kier molecular flexibility index (Phi) is 6.58. The molecule has 26 heavy (non-hydrogen) atoms. The Morgan fingerprint density at radius 2 is 1.85 bits per heavy atom. The van der Waals surface area contributed by atoms with Crippen molar-refractivity contribution in [1.82, 2.24) is 0 Å². The molecule has 1 aliphatic carbocycles. The second kappa shape index (κ2) is 8.31. The lowest BCUT2D eigenvalue weighted by Crippen LogP contribution is -2.51. The lowest BCUT2D eigenvalue weighted by Gasteiger charge is -2.35. The Morgan fingerprint density at radius 3 is 2.38 bits per heavy atom. The van der Waals surface area contributed by atoms with Crippen LogP contribution < -0.4 is 5.32 Å². The van der Waals surface area contributed by atoms with Gasteiger partial charge in [-0.2, -0.15) is 0 Å². The lowest BCUT2D eigenvalue weighted by molar-refractivity contribution is -0.906. The van der Waals surface area contributed by atoms with E-state index >= 15 is 0 Å². The number of nitrogens with one attached hydrogen (secondary N) is 1. The van der Waals surface area contributed by atoms with Crippen LogP contribution in [0.1, 0.15) is 65.1 Å².